The van der Waals surface area contributed by atoms with E-state index in [1.54, 1.807) is 19.1 Å². The van der Waals surface area contributed by atoms with Gasteiger partial charge in [-0.2, -0.15) is 0 Å². The van der Waals surface area contributed by atoms with Crippen LogP contribution < -0.4 is 14.8 Å². The van der Waals surface area contributed by atoms with Gasteiger partial charge in [-0.15, -0.1) is 0 Å². The van der Waals surface area contributed by atoms with Crippen LogP contribution in [-0.4, -0.2) is 19.1 Å². The molecule has 0 aliphatic heterocycles. The van der Waals surface area contributed by atoms with Crippen LogP contribution in [-0.2, 0) is 11.2 Å². The summed E-state index contributed by atoms with van der Waals surface area (Å²) >= 11 is 6.08. The number of aryl methyl sites for hydroxylation is 2. The first kappa shape index (κ1) is 18.1. The Morgan fingerprint density at radius 3 is 2.50 bits per heavy atom. The van der Waals surface area contributed by atoms with Crippen LogP contribution in [0.2, 0.25) is 5.02 Å². The van der Waals surface area contributed by atoms with E-state index >= 15 is 0 Å². The molecule has 1 amide bonds. The second-order valence-electron chi connectivity index (χ2n) is 5.55. The lowest BCUT2D eigenvalue weighted by Gasteiger charge is -2.17. The molecule has 1 atom stereocenters. The fourth-order valence-corrected chi connectivity index (χ4v) is 2.38. The highest BCUT2D eigenvalue weighted by Crippen LogP contribution is 2.31. The van der Waals surface area contributed by atoms with Crippen molar-refractivity contribution in [1.29, 1.82) is 0 Å². The van der Waals surface area contributed by atoms with Gasteiger partial charge in [0.25, 0.3) is 5.91 Å². The van der Waals surface area contributed by atoms with Crippen molar-refractivity contribution in [2.45, 2.75) is 33.3 Å². The van der Waals surface area contributed by atoms with Crippen molar-refractivity contribution in [3.63, 3.8) is 0 Å². The summed E-state index contributed by atoms with van der Waals surface area (Å²) in [6.45, 7) is 5.67. The maximum absolute atomic E-state index is 12.4. The van der Waals surface area contributed by atoms with Crippen LogP contribution in [0.5, 0.6) is 11.5 Å². The predicted molar refractivity (Wildman–Crippen MR) is 97.3 cm³/mol. The normalized spacial score (nSPS) is 11.7. The summed E-state index contributed by atoms with van der Waals surface area (Å²) in [5.74, 6) is 0.919. The molecule has 0 fully saturated rings. The largest absolute Gasteiger partial charge is 0.495 e. The highest BCUT2D eigenvalue weighted by atomic mass is 35.5. The quantitative estimate of drug-likeness (QED) is 0.829. The summed E-state index contributed by atoms with van der Waals surface area (Å²) in [5.41, 5.74) is 2.65. The van der Waals surface area contributed by atoms with Crippen LogP contribution in [0.25, 0.3) is 0 Å². The van der Waals surface area contributed by atoms with E-state index in [1.165, 1.54) is 12.7 Å². The number of rotatable bonds is 6. The number of amides is 1. The molecule has 1 unspecified atom stereocenters. The first-order valence-electron chi connectivity index (χ1n) is 7.85. The second-order valence-corrected chi connectivity index (χ2v) is 5.96. The summed E-state index contributed by atoms with van der Waals surface area (Å²) in [6.07, 6.45) is 0.324. The molecule has 5 heteroatoms. The fraction of sp³-hybridized carbons (Fsp3) is 0.316. The lowest BCUT2D eigenvalue weighted by atomic mass is 10.2. The minimum Gasteiger partial charge on any atom is -0.495 e. The van der Waals surface area contributed by atoms with Gasteiger partial charge in [0.1, 0.15) is 11.5 Å². The highest BCUT2D eigenvalue weighted by Gasteiger charge is 2.17. The molecule has 0 aromatic heterocycles. The molecule has 0 radical (unpaired) electrons. The molecule has 1 N–H and O–H groups in total. The van der Waals surface area contributed by atoms with E-state index in [0.29, 0.717) is 22.2 Å². The van der Waals surface area contributed by atoms with Crippen LogP contribution in [0.15, 0.2) is 36.4 Å². The first-order chi connectivity index (χ1) is 11.4. The zero-order valence-electron chi connectivity index (χ0n) is 14.4. The highest BCUT2D eigenvalue weighted by molar-refractivity contribution is 6.31. The van der Waals surface area contributed by atoms with Gasteiger partial charge in [0.05, 0.1) is 12.8 Å². The van der Waals surface area contributed by atoms with E-state index in [-0.39, 0.29) is 5.91 Å². The molecular weight excluding hydrogens is 326 g/mol. The van der Waals surface area contributed by atoms with Crippen LogP contribution in [0.1, 0.15) is 25.0 Å². The Morgan fingerprint density at radius 1 is 1.25 bits per heavy atom. The SMILES string of the molecule is CCc1ccc(OC(C)C(=O)Nc2cc(C)c(Cl)cc2OC)cc1. The smallest absolute Gasteiger partial charge is 0.265 e. The molecule has 0 aliphatic rings. The molecule has 0 spiro atoms. The van der Waals surface area contributed by atoms with Crippen molar-refractivity contribution in [3.8, 4) is 11.5 Å². The topological polar surface area (TPSA) is 47.6 Å². The average molecular weight is 348 g/mol. The van der Waals surface area contributed by atoms with Gasteiger partial charge in [-0.05, 0) is 49.6 Å². The molecule has 0 bridgehead atoms. The number of hydrogen-bond donors (Lipinski definition) is 1. The lowest BCUT2D eigenvalue weighted by Crippen LogP contribution is -2.30. The Kier molecular flexibility index (Phi) is 6.10. The number of benzene rings is 2. The molecule has 2 aromatic rings. The summed E-state index contributed by atoms with van der Waals surface area (Å²) < 4.78 is 11.0. The van der Waals surface area contributed by atoms with Crippen molar-refractivity contribution in [3.05, 3.63) is 52.5 Å². The molecule has 0 heterocycles. The van der Waals surface area contributed by atoms with Gasteiger partial charge in [0.15, 0.2) is 6.10 Å². The molecule has 2 rings (SSSR count). The Labute approximate surface area is 147 Å². The zero-order valence-corrected chi connectivity index (χ0v) is 15.1. The van der Waals surface area contributed by atoms with E-state index in [1.807, 2.05) is 31.2 Å². The minimum absolute atomic E-state index is 0.255. The van der Waals surface area contributed by atoms with Gasteiger partial charge >= 0.3 is 0 Å². The van der Waals surface area contributed by atoms with Crippen molar-refractivity contribution >= 4 is 23.2 Å². The molecule has 128 valence electrons. The summed E-state index contributed by atoms with van der Waals surface area (Å²) in [4.78, 5) is 12.4. The van der Waals surface area contributed by atoms with E-state index in [4.69, 9.17) is 21.1 Å². The maximum Gasteiger partial charge on any atom is 0.265 e. The summed E-state index contributed by atoms with van der Waals surface area (Å²) in [7, 11) is 1.53. The Morgan fingerprint density at radius 2 is 1.92 bits per heavy atom. The van der Waals surface area contributed by atoms with Crippen molar-refractivity contribution in [1.82, 2.24) is 0 Å². The Hall–Kier alpha value is -2.20. The van der Waals surface area contributed by atoms with Gasteiger partial charge in [0, 0.05) is 11.1 Å². The number of anilines is 1. The Balaban J connectivity index is 2.07. The molecule has 24 heavy (non-hydrogen) atoms. The molecule has 0 saturated carbocycles. The van der Waals surface area contributed by atoms with Crippen LogP contribution in [0.3, 0.4) is 0 Å². The first-order valence-corrected chi connectivity index (χ1v) is 8.23. The van der Waals surface area contributed by atoms with Gasteiger partial charge < -0.3 is 14.8 Å². The molecule has 0 saturated heterocycles. The predicted octanol–water partition coefficient (Wildman–Crippen LogP) is 4.63. The van der Waals surface area contributed by atoms with E-state index in [2.05, 4.69) is 12.2 Å². The van der Waals surface area contributed by atoms with Crippen molar-refractivity contribution in [2.75, 3.05) is 12.4 Å². The average Bonchev–Trinajstić information content (AvgIpc) is 2.58. The third-order valence-corrected chi connectivity index (χ3v) is 4.16. The van der Waals surface area contributed by atoms with Crippen LogP contribution >= 0.6 is 11.6 Å². The minimum atomic E-state index is -0.641. The zero-order chi connectivity index (χ0) is 17.7. The van der Waals surface area contributed by atoms with E-state index in [0.717, 1.165) is 12.0 Å². The number of methoxy groups -OCH3 is 1. The number of carbonyl (C=O) groups excluding carboxylic acids is 1. The van der Waals surface area contributed by atoms with Gasteiger partial charge in [-0.1, -0.05) is 30.7 Å². The molecule has 4 nitrogen and oxygen atoms in total. The van der Waals surface area contributed by atoms with E-state index < -0.39 is 6.10 Å². The third-order valence-electron chi connectivity index (χ3n) is 3.75. The van der Waals surface area contributed by atoms with Gasteiger partial charge in [0.2, 0.25) is 0 Å². The monoisotopic (exact) mass is 347 g/mol. The molecule has 0 aliphatic carbocycles. The fourth-order valence-electron chi connectivity index (χ4n) is 2.23. The summed E-state index contributed by atoms with van der Waals surface area (Å²) in [6, 6.07) is 11.2. The lowest BCUT2D eigenvalue weighted by molar-refractivity contribution is -0.122. The molecule has 2 aromatic carbocycles. The number of nitrogens with one attached hydrogen (secondary N) is 1. The number of carbonyl (C=O) groups is 1. The van der Waals surface area contributed by atoms with Gasteiger partial charge in [-0.3, -0.25) is 4.79 Å². The standard InChI is InChI=1S/C19H22ClNO3/c1-5-14-6-8-15(9-7-14)24-13(3)19(22)21-17-10-12(2)16(20)11-18(17)23-4/h6-11,13H,5H2,1-4H3,(H,21,22). The Bertz CT molecular complexity index is 713. The van der Waals surface area contributed by atoms with Crippen molar-refractivity contribution in [2.24, 2.45) is 0 Å². The maximum atomic E-state index is 12.4. The number of ether oxygens (including phenoxy) is 2. The molecular formula is C19H22ClNO3. The third kappa shape index (κ3) is 4.42. The van der Waals surface area contributed by atoms with E-state index in [9.17, 15) is 4.79 Å². The van der Waals surface area contributed by atoms with Gasteiger partial charge in [-0.25, -0.2) is 0 Å². The van der Waals surface area contributed by atoms with Crippen LogP contribution in [0.4, 0.5) is 5.69 Å². The summed E-state index contributed by atoms with van der Waals surface area (Å²) in [5, 5.41) is 3.41. The van der Waals surface area contributed by atoms with Crippen LogP contribution in [0, 0.1) is 6.92 Å². The number of halogens is 1. The van der Waals surface area contributed by atoms with Crippen molar-refractivity contribution < 1.29 is 14.3 Å². The number of hydrogen-bond acceptors (Lipinski definition) is 3. The second kappa shape index (κ2) is 8.06.